The van der Waals surface area contributed by atoms with Gasteiger partial charge in [0.05, 0.1) is 27.3 Å². The zero-order valence-corrected chi connectivity index (χ0v) is 14.7. The second kappa shape index (κ2) is 9.13. The number of aromatic nitrogens is 1. The normalized spacial score (nSPS) is 10.7. The molecule has 1 aromatic heterocycles. The van der Waals surface area contributed by atoms with Crippen molar-refractivity contribution in [3.05, 3.63) is 41.8 Å². The molecule has 0 aliphatic heterocycles. The number of benzene rings is 1. The van der Waals surface area contributed by atoms with Gasteiger partial charge in [-0.2, -0.15) is 0 Å². The molecule has 0 atom stereocenters. The van der Waals surface area contributed by atoms with E-state index in [1.54, 1.807) is 20.3 Å². The minimum absolute atomic E-state index is 0. The number of nitrogens with one attached hydrogen (secondary N) is 1. The van der Waals surface area contributed by atoms with Crippen molar-refractivity contribution >= 4 is 29.9 Å². The van der Waals surface area contributed by atoms with Crippen LogP contribution in [0.4, 0.5) is 0 Å². The summed E-state index contributed by atoms with van der Waals surface area (Å²) < 4.78 is 15.2. The van der Waals surface area contributed by atoms with Crippen LogP contribution in [0.2, 0.25) is 0 Å². The van der Waals surface area contributed by atoms with Gasteiger partial charge in [0.25, 0.3) is 0 Å². The third-order valence-electron chi connectivity index (χ3n) is 2.82. The predicted octanol–water partition coefficient (Wildman–Crippen LogP) is 1.91. The van der Waals surface area contributed by atoms with E-state index < -0.39 is 0 Å². The first kappa shape index (κ1) is 18.1. The lowest BCUT2D eigenvalue weighted by Crippen LogP contribution is -2.31. The lowest BCUT2D eigenvalue weighted by atomic mass is 10.2. The quantitative estimate of drug-likeness (QED) is 0.423. The molecule has 8 heteroatoms. The topological polar surface area (TPSA) is 94.9 Å². The van der Waals surface area contributed by atoms with Gasteiger partial charge in [0, 0.05) is 6.07 Å². The number of hydrogen-bond donors (Lipinski definition) is 2. The van der Waals surface area contributed by atoms with Crippen molar-refractivity contribution in [1.29, 1.82) is 0 Å². The molecule has 0 bridgehead atoms. The molecule has 0 radical (unpaired) electrons. The monoisotopic (exact) mass is 418 g/mol. The zero-order chi connectivity index (χ0) is 15.1. The maximum absolute atomic E-state index is 5.79. The van der Waals surface area contributed by atoms with E-state index >= 15 is 0 Å². The number of rotatable bonds is 6. The summed E-state index contributed by atoms with van der Waals surface area (Å²) in [7, 11) is 3.19. The SMILES string of the molecule is COc1ccc(CN=C(N)NCc2ccon2)cc1OC.I. The predicted molar refractivity (Wildman–Crippen MR) is 93.6 cm³/mol. The molecule has 0 aliphatic rings. The molecular formula is C14H19IN4O3. The Labute approximate surface area is 145 Å². The average Bonchev–Trinajstić information content (AvgIpc) is 3.04. The van der Waals surface area contributed by atoms with Gasteiger partial charge in [0.15, 0.2) is 17.5 Å². The summed E-state index contributed by atoms with van der Waals surface area (Å²) in [6.45, 7) is 0.912. The Hall–Kier alpha value is -1.97. The summed E-state index contributed by atoms with van der Waals surface area (Å²) in [5.74, 6) is 1.69. The zero-order valence-electron chi connectivity index (χ0n) is 12.4. The van der Waals surface area contributed by atoms with Crippen molar-refractivity contribution in [2.45, 2.75) is 13.1 Å². The fourth-order valence-corrected chi connectivity index (χ4v) is 1.72. The molecular weight excluding hydrogens is 399 g/mol. The van der Waals surface area contributed by atoms with Crippen LogP contribution in [-0.4, -0.2) is 25.3 Å². The van der Waals surface area contributed by atoms with Gasteiger partial charge in [-0.3, -0.25) is 0 Å². The molecule has 1 heterocycles. The van der Waals surface area contributed by atoms with Gasteiger partial charge < -0.3 is 25.0 Å². The van der Waals surface area contributed by atoms with Crippen LogP contribution in [0.1, 0.15) is 11.3 Å². The fraction of sp³-hybridized carbons (Fsp3) is 0.286. The van der Waals surface area contributed by atoms with Crippen LogP contribution < -0.4 is 20.5 Å². The molecule has 7 nitrogen and oxygen atoms in total. The molecule has 0 fully saturated rings. The standard InChI is InChI=1S/C14H18N4O3.HI/c1-19-12-4-3-10(7-13(12)20-2)8-16-14(15)17-9-11-5-6-21-18-11;/h3-7H,8-9H2,1-2H3,(H3,15,16,17);1H. The van der Waals surface area contributed by atoms with E-state index in [9.17, 15) is 0 Å². The number of nitrogens with two attached hydrogens (primary N) is 1. The minimum Gasteiger partial charge on any atom is -0.493 e. The molecule has 0 aliphatic carbocycles. The number of methoxy groups -OCH3 is 2. The molecule has 2 aromatic rings. The average molecular weight is 418 g/mol. The molecule has 0 unspecified atom stereocenters. The van der Waals surface area contributed by atoms with Crippen LogP contribution in [0.15, 0.2) is 40.0 Å². The van der Waals surface area contributed by atoms with Crippen LogP contribution in [-0.2, 0) is 13.1 Å². The first-order valence-electron chi connectivity index (χ1n) is 6.37. The van der Waals surface area contributed by atoms with Gasteiger partial charge in [0.2, 0.25) is 0 Å². The van der Waals surface area contributed by atoms with E-state index in [0.717, 1.165) is 11.3 Å². The first-order chi connectivity index (χ1) is 10.2. The van der Waals surface area contributed by atoms with Crippen molar-refractivity contribution in [2.24, 2.45) is 10.7 Å². The van der Waals surface area contributed by atoms with Crippen molar-refractivity contribution < 1.29 is 14.0 Å². The Bertz CT molecular complexity index is 602. The molecule has 2 rings (SSSR count). The Balaban J connectivity index is 0.00000242. The highest BCUT2D eigenvalue weighted by Crippen LogP contribution is 2.27. The summed E-state index contributed by atoms with van der Waals surface area (Å²) >= 11 is 0. The summed E-state index contributed by atoms with van der Waals surface area (Å²) in [5.41, 5.74) is 7.52. The summed E-state index contributed by atoms with van der Waals surface area (Å²) in [6, 6.07) is 7.38. The highest BCUT2D eigenvalue weighted by atomic mass is 127. The van der Waals surface area contributed by atoms with Crippen molar-refractivity contribution in [1.82, 2.24) is 10.5 Å². The molecule has 0 saturated heterocycles. The fourth-order valence-electron chi connectivity index (χ4n) is 1.72. The van der Waals surface area contributed by atoms with Gasteiger partial charge >= 0.3 is 0 Å². The molecule has 3 N–H and O–H groups in total. The van der Waals surface area contributed by atoms with E-state index in [0.29, 0.717) is 30.5 Å². The van der Waals surface area contributed by atoms with Gasteiger partial charge in [0.1, 0.15) is 12.0 Å². The number of hydrogen-bond acceptors (Lipinski definition) is 5. The minimum atomic E-state index is 0. The number of guanidine groups is 1. The van der Waals surface area contributed by atoms with Gasteiger partial charge in [-0.15, -0.1) is 24.0 Å². The van der Waals surface area contributed by atoms with E-state index in [4.69, 9.17) is 19.7 Å². The van der Waals surface area contributed by atoms with Crippen molar-refractivity contribution in [3.63, 3.8) is 0 Å². The molecule has 0 spiro atoms. The Morgan fingerprint density at radius 3 is 2.68 bits per heavy atom. The molecule has 0 amide bonds. The number of halogens is 1. The second-order valence-corrected chi connectivity index (χ2v) is 4.24. The van der Waals surface area contributed by atoms with Crippen LogP contribution in [0.5, 0.6) is 11.5 Å². The van der Waals surface area contributed by atoms with Gasteiger partial charge in [-0.25, -0.2) is 4.99 Å². The maximum Gasteiger partial charge on any atom is 0.189 e. The smallest absolute Gasteiger partial charge is 0.189 e. The van der Waals surface area contributed by atoms with E-state index in [2.05, 4.69) is 15.5 Å². The summed E-state index contributed by atoms with van der Waals surface area (Å²) in [6.07, 6.45) is 1.51. The van der Waals surface area contributed by atoms with E-state index in [1.165, 1.54) is 6.26 Å². The number of nitrogens with zero attached hydrogens (tertiary/aromatic N) is 2. The Morgan fingerprint density at radius 1 is 1.27 bits per heavy atom. The van der Waals surface area contributed by atoms with Crippen LogP contribution in [0.3, 0.4) is 0 Å². The van der Waals surface area contributed by atoms with Crippen LogP contribution >= 0.6 is 24.0 Å². The molecule has 0 saturated carbocycles. The van der Waals surface area contributed by atoms with Crippen molar-refractivity contribution in [2.75, 3.05) is 14.2 Å². The largest absolute Gasteiger partial charge is 0.493 e. The Kier molecular flexibility index (Phi) is 7.50. The van der Waals surface area contributed by atoms with Crippen LogP contribution in [0, 0.1) is 0 Å². The third-order valence-corrected chi connectivity index (χ3v) is 2.82. The Morgan fingerprint density at radius 2 is 2.05 bits per heavy atom. The van der Waals surface area contributed by atoms with Crippen molar-refractivity contribution in [3.8, 4) is 11.5 Å². The van der Waals surface area contributed by atoms with Gasteiger partial charge in [-0.05, 0) is 17.7 Å². The third kappa shape index (κ3) is 5.10. The lowest BCUT2D eigenvalue weighted by molar-refractivity contribution is 0.354. The molecule has 1 aromatic carbocycles. The highest BCUT2D eigenvalue weighted by Gasteiger charge is 2.04. The molecule has 120 valence electrons. The summed E-state index contributed by atoms with van der Waals surface area (Å²) in [5, 5.41) is 6.73. The van der Waals surface area contributed by atoms with E-state index in [-0.39, 0.29) is 24.0 Å². The molecule has 22 heavy (non-hydrogen) atoms. The number of aliphatic imine (C=N–C) groups is 1. The van der Waals surface area contributed by atoms with E-state index in [1.807, 2.05) is 18.2 Å². The maximum atomic E-state index is 5.79. The lowest BCUT2D eigenvalue weighted by Gasteiger charge is -2.09. The second-order valence-electron chi connectivity index (χ2n) is 4.24. The number of ether oxygens (including phenoxy) is 2. The summed E-state index contributed by atoms with van der Waals surface area (Å²) in [4.78, 5) is 4.25. The van der Waals surface area contributed by atoms with Crippen LogP contribution in [0.25, 0.3) is 0 Å². The highest BCUT2D eigenvalue weighted by molar-refractivity contribution is 14.0. The van der Waals surface area contributed by atoms with Gasteiger partial charge in [-0.1, -0.05) is 11.2 Å². The first-order valence-corrected chi connectivity index (χ1v) is 6.37.